The van der Waals surface area contributed by atoms with Crippen LogP contribution in [0.3, 0.4) is 0 Å². The van der Waals surface area contributed by atoms with Crippen molar-refractivity contribution in [3.63, 3.8) is 0 Å². The molecule has 2 aromatic rings. The van der Waals surface area contributed by atoms with Gasteiger partial charge in [-0.1, -0.05) is 48.5 Å². The number of ether oxygens (including phenoxy) is 1. The number of carbonyl (C=O) groups excluding carboxylic acids is 2. The van der Waals surface area contributed by atoms with Gasteiger partial charge in [0.1, 0.15) is 0 Å². The Bertz CT molecular complexity index is 933. The Balaban J connectivity index is 1.24. The quantitative estimate of drug-likeness (QED) is 0.807. The van der Waals surface area contributed by atoms with Crippen molar-refractivity contribution < 1.29 is 14.3 Å². The maximum atomic E-state index is 12.9. The van der Waals surface area contributed by atoms with Gasteiger partial charge < -0.3 is 15.0 Å². The summed E-state index contributed by atoms with van der Waals surface area (Å²) in [6.45, 7) is 4.08. The summed E-state index contributed by atoms with van der Waals surface area (Å²) in [4.78, 5) is 26.5. The molecule has 1 N–H and O–H groups in total. The van der Waals surface area contributed by atoms with Gasteiger partial charge in [-0.05, 0) is 54.4 Å². The van der Waals surface area contributed by atoms with E-state index in [1.807, 2.05) is 6.92 Å². The van der Waals surface area contributed by atoms with Gasteiger partial charge in [0.2, 0.25) is 5.91 Å². The normalized spacial score (nSPS) is 24.3. The molecule has 1 fully saturated rings. The van der Waals surface area contributed by atoms with E-state index in [0.29, 0.717) is 56.8 Å². The molecular weight excluding hydrogens is 388 g/mol. The number of carbonyl (C=O) groups is 2. The number of hydrogen-bond acceptors (Lipinski definition) is 3. The molecule has 5 heteroatoms. The number of hydrogen-bond donors (Lipinski definition) is 1. The number of benzene rings is 2. The van der Waals surface area contributed by atoms with E-state index in [1.165, 1.54) is 22.3 Å². The van der Waals surface area contributed by atoms with E-state index in [9.17, 15) is 9.59 Å². The minimum atomic E-state index is -0.267. The molecule has 162 valence electrons. The number of piperidine rings is 1. The highest BCUT2D eigenvalue weighted by Gasteiger charge is 2.43. The number of fused-ring (bicyclic) bond motifs is 1. The number of rotatable bonds is 4. The third-order valence-corrected chi connectivity index (χ3v) is 7.35. The van der Waals surface area contributed by atoms with E-state index >= 15 is 0 Å². The van der Waals surface area contributed by atoms with Crippen molar-refractivity contribution in [2.45, 2.75) is 38.0 Å². The minimum Gasteiger partial charge on any atom is -0.450 e. The zero-order valence-electron chi connectivity index (χ0n) is 18.0. The Kier molecular flexibility index (Phi) is 5.43. The fourth-order valence-corrected chi connectivity index (χ4v) is 5.87. The highest BCUT2D eigenvalue weighted by atomic mass is 16.6. The molecule has 1 atom stereocenters. The van der Waals surface area contributed by atoms with Crippen LogP contribution < -0.4 is 5.32 Å². The molecule has 0 saturated carbocycles. The minimum absolute atomic E-state index is 0.0222. The molecule has 2 bridgehead atoms. The summed E-state index contributed by atoms with van der Waals surface area (Å²) in [6.07, 6.45) is 2.22. The number of likely N-dealkylation sites (tertiary alicyclic amines) is 1. The summed E-state index contributed by atoms with van der Waals surface area (Å²) in [6, 6.07) is 17.6. The molecule has 0 unspecified atom stereocenters. The first-order valence-corrected chi connectivity index (χ1v) is 11.5. The van der Waals surface area contributed by atoms with Gasteiger partial charge >= 0.3 is 6.09 Å². The maximum Gasteiger partial charge on any atom is 0.409 e. The largest absolute Gasteiger partial charge is 0.450 e. The fraction of sp³-hybridized carbons (Fsp3) is 0.462. The lowest BCUT2D eigenvalue weighted by molar-refractivity contribution is -0.126. The Labute approximate surface area is 183 Å². The molecule has 6 rings (SSSR count). The zero-order chi connectivity index (χ0) is 21.4. The monoisotopic (exact) mass is 418 g/mol. The smallest absolute Gasteiger partial charge is 0.409 e. The first kappa shape index (κ1) is 20.1. The molecule has 31 heavy (non-hydrogen) atoms. The second-order valence-corrected chi connectivity index (χ2v) is 8.99. The summed E-state index contributed by atoms with van der Waals surface area (Å²) < 4.78 is 5.08. The Morgan fingerprint density at radius 3 is 2.13 bits per heavy atom. The number of nitrogens with zero attached hydrogens (tertiary/aromatic N) is 1. The van der Waals surface area contributed by atoms with Gasteiger partial charge in [0.25, 0.3) is 0 Å². The fourth-order valence-electron chi connectivity index (χ4n) is 5.87. The third-order valence-electron chi connectivity index (χ3n) is 7.35. The van der Waals surface area contributed by atoms with Crippen LogP contribution in [-0.2, 0) is 9.53 Å². The van der Waals surface area contributed by atoms with E-state index in [4.69, 9.17) is 4.74 Å². The van der Waals surface area contributed by atoms with Crippen LogP contribution >= 0.6 is 0 Å². The average Bonchev–Trinajstić information content (AvgIpc) is 2.83. The van der Waals surface area contributed by atoms with Crippen molar-refractivity contribution in [2.75, 3.05) is 26.2 Å². The lowest BCUT2D eigenvalue weighted by Gasteiger charge is -2.45. The Morgan fingerprint density at radius 2 is 1.55 bits per heavy atom. The summed E-state index contributed by atoms with van der Waals surface area (Å²) in [5.74, 6) is 1.30. The SMILES string of the molecule is CCOC(=O)N1CCC(C(=O)NC[C@H]2CC3c4ccccc4C2c2ccccc23)CC1. The van der Waals surface area contributed by atoms with Crippen LogP contribution in [0.5, 0.6) is 0 Å². The van der Waals surface area contributed by atoms with Crippen LogP contribution in [0.4, 0.5) is 4.79 Å². The van der Waals surface area contributed by atoms with Gasteiger partial charge in [-0.2, -0.15) is 0 Å². The van der Waals surface area contributed by atoms with Crippen LogP contribution in [0.1, 0.15) is 60.3 Å². The molecule has 5 nitrogen and oxygen atoms in total. The second kappa shape index (κ2) is 8.37. The molecule has 1 heterocycles. The predicted octanol–water partition coefficient (Wildman–Crippen LogP) is 4.27. The topological polar surface area (TPSA) is 58.6 Å². The van der Waals surface area contributed by atoms with Crippen molar-refractivity contribution in [3.8, 4) is 0 Å². The average molecular weight is 419 g/mol. The zero-order valence-corrected chi connectivity index (χ0v) is 18.0. The van der Waals surface area contributed by atoms with Crippen LogP contribution in [-0.4, -0.2) is 43.1 Å². The van der Waals surface area contributed by atoms with Gasteiger partial charge in [0.05, 0.1) is 6.61 Å². The summed E-state index contributed by atoms with van der Waals surface area (Å²) in [5.41, 5.74) is 5.78. The van der Waals surface area contributed by atoms with Crippen molar-refractivity contribution in [3.05, 3.63) is 70.8 Å². The van der Waals surface area contributed by atoms with Crippen molar-refractivity contribution in [1.82, 2.24) is 10.2 Å². The van der Waals surface area contributed by atoms with Crippen molar-refractivity contribution >= 4 is 12.0 Å². The maximum absolute atomic E-state index is 12.9. The van der Waals surface area contributed by atoms with E-state index in [2.05, 4.69) is 53.8 Å². The van der Waals surface area contributed by atoms with Gasteiger partial charge in [0.15, 0.2) is 0 Å². The van der Waals surface area contributed by atoms with Crippen molar-refractivity contribution in [1.29, 1.82) is 0 Å². The molecule has 1 saturated heterocycles. The summed E-state index contributed by atoms with van der Waals surface area (Å²) >= 11 is 0. The lowest BCUT2D eigenvalue weighted by atomic mass is 9.59. The molecule has 0 aromatic heterocycles. The standard InChI is InChI=1S/C26H30N2O3/c1-2-31-26(30)28-13-11-17(12-14-28)25(29)27-16-18-15-23-19-7-3-5-9-21(19)24(18)22-10-6-4-8-20(22)23/h3-10,17-18,23-24H,2,11-16H2,1H3,(H,27,29)/t18-,23?,24?/m1/s1. The van der Waals surface area contributed by atoms with Crippen LogP contribution in [0.15, 0.2) is 48.5 Å². The van der Waals surface area contributed by atoms with Crippen molar-refractivity contribution in [2.24, 2.45) is 11.8 Å². The predicted molar refractivity (Wildman–Crippen MR) is 119 cm³/mol. The number of amides is 2. The van der Waals surface area contributed by atoms with Gasteiger partial charge in [-0.3, -0.25) is 4.79 Å². The summed E-state index contributed by atoms with van der Waals surface area (Å²) in [5, 5.41) is 3.26. The van der Waals surface area contributed by atoms with E-state index < -0.39 is 0 Å². The Morgan fingerprint density at radius 1 is 0.968 bits per heavy atom. The molecular formula is C26H30N2O3. The van der Waals surface area contributed by atoms with Crippen LogP contribution in [0, 0.1) is 11.8 Å². The summed E-state index contributed by atoms with van der Waals surface area (Å²) in [7, 11) is 0. The molecule has 3 aliphatic carbocycles. The van der Waals surface area contributed by atoms with E-state index in [-0.39, 0.29) is 17.9 Å². The highest BCUT2D eigenvalue weighted by molar-refractivity contribution is 5.79. The lowest BCUT2D eigenvalue weighted by Crippen LogP contribution is -2.45. The van der Waals surface area contributed by atoms with E-state index in [1.54, 1.807) is 4.90 Å². The third kappa shape index (κ3) is 3.60. The Hall–Kier alpha value is -2.82. The molecule has 0 spiro atoms. The van der Waals surface area contributed by atoms with Gasteiger partial charge in [-0.25, -0.2) is 4.79 Å². The van der Waals surface area contributed by atoms with Crippen LogP contribution in [0.2, 0.25) is 0 Å². The molecule has 2 amide bonds. The first-order chi connectivity index (χ1) is 15.2. The highest BCUT2D eigenvalue weighted by Crippen LogP contribution is 2.55. The second-order valence-electron chi connectivity index (χ2n) is 8.99. The first-order valence-electron chi connectivity index (χ1n) is 11.5. The van der Waals surface area contributed by atoms with Crippen LogP contribution in [0.25, 0.3) is 0 Å². The van der Waals surface area contributed by atoms with Gasteiger partial charge in [0, 0.05) is 37.4 Å². The molecule has 4 aliphatic rings. The van der Waals surface area contributed by atoms with E-state index in [0.717, 1.165) is 6.42 Å². The molecule has 2 aromatic carbocycles. The molecule has 1 aliphatic heterocycles. The van der Waals surface area contributed by atoms with Gasteiger partial charge in [-0.15, -0.1) is 0 Å². The molecule has 0 radical (unpaired) electrons. The number of nitrogens with one attached hydrogen (secondary N) is 1.